The van der Waals surface area contributed by atoms with Gasteiger partial charge in [0, 0.05) is 12.2 Å². The molecule has 1 heterocycles. The van der Waals surface area contributed by atoms with Gasteiger partial charge in [-0.3, -0.25) is 0 Å². The monoisotopic (exact) mass is 294 g/mol. The smallest absolute Gasteiger partial charge is 0.125 e. The molecular formula is C17H27FN2O. The second-order valence-electron chi connectivity index (χ2n) is 6.28. The number of aliphatic hydroxyl groups excluding tert-OH is 1. The third kappa shape index (κ3) is 4.42. The van der Waals surface area contributed by atoms with E-state index in [0.717, 1.165) is 56.6 Å². The lowest BCUT2D eigenvalue weighted by atomic mass is 9.91. The van der Waals surface area contributed by atoms with Crippen LogP contribution in [0.3, 0.4) is 0 Å². The Morgan fingerprint density at radius 1 is 1.29 bits per heavy atom. The predicted molar refractivity (Wildman–Crippen MR) is 85.2 cm³/mol. The van der Waals surface area contributed by atoms with Crippen molar-refractivity contribution in [2.24, 2.45) is 0 Å². The molecule has 3 nitrogen and oxygen atoms in total. The maximum atomic E-state index is 13.5. The number of hydrogen-bond acceptors (Lipinski definition) is 3. The Morgan fingerprint density at radius 2 is 2.10 bits per heavy atom. The SMILES string of the molecule is CCCN1CCCC(CO)(Nc2cc(C)cc(F)c2)CC1. The Balaban J connectivity index is 2.10. The fraction of sp³-hybridized carbons (Fsp3) is 0.647. The normalized spacial score (nSPS) is 23.8. The summed E-state index contributed by atoms with van der Waals surface area (Å²) >= 11 is 0. The van der Waals surface area contributed by atoms with Crippen LogP contribution in [0, 0.1) is 12.7 Å². The summed E-state index contributed by atoms with van der Waals surface area (Å²) in [6.07, 6.45) is 4.02. The molecule has 1 atom stereocenters. The van der Waals surface area contributed by atoms with E-state index in [1.807, 2.05) is 13.0 Å². The molecular weight excluding hydrogens is 267 g/mol. The van der Waals surface area contributed by atoms with Crippen LogP contribution < -0.4 is 5.32 Å². The molecule has 0 saturated carbocycles. The number of likely N-dealkylation sites (tertiary alicyclic amines) is 1. The third-order valence-corrected chi connectivity index (χ3v) is 4.33. The molecule has 2 rings (SSSR count). The zero-order valence-corrected chi connectivity index (χ0v) is 13.2. The van der Waals surface area contributed by atoms with Crippen molar-refractivity contribution >= 4 is 5.69 Å². The third-order valence-electron chi connectivity index (χ3n) is 4.33. The van der Waals surface area contributed by atoms with Crippen LogP contribution in [0.1, 0.15) is 38.2 Å². The highest BCUT2D eigenvalue weighted by Crippen LogP contribution is 2.28. The van der Waals surface area contributed by atoms with Crippen molar-refractivity contribution in [1.82, 2.24) is 4.90 Å². The molecule has 1 saturated heterocycles. The van der Waals surface area contributed by atoms with Gasteiger partial charge in [0.05, 0.1) is 12.1 Å². The van der Waals surface area contributed by atoms with Crippen LogP contribution >= 0.6 is 0 Å². The largest absolute Gasteiger partial charge is 0.394 e. The summed E-state index contributed by atoms with van der Waals surface area (Å²) in [5.74, 6) is -0.230. The van der Waals surface area contributed by atoms with Gasteiger partial charge < -0.3 is 15.3 Å². The van der Waals surface area contributed by atoms with Crippen molar-refractivity contribution in [3.8, 4) is 0 Å². The highest BCUT2D eigenvalue weighted by Gasteiger charge is 2.31. The minimum atomic E-state index is -0.331. The first kappa shape index (κ1) is 16.2. The van der Waals surface area contributed by atoms with Gasteiger partial charge in [0.15, 0.2) is 0 Å². The van der Waals surface area contributed by atoms with Gasteiger partial charge >= 0.3 is 0 Å². The van der Waals surface area contributed by atoms with Gasteiger partial charge in [0.1, 0.15) is 5.82 Å². The van der Waals surface area contributed by atoms with E-state index in [-0.39, 0.29) is 18.0 Å². The van der Waals surface area contributed by atoms with Crippen LogP contribution in [0.5, 0.6) is 0 Å². The topological polar surface area (TPSA) is 35.5 Å². The Kier molecular flexibility index (Phi) is 5.59. The Hall–Kier alpha value is -1.13. The summed E-state index contributed by atoms with van der Waals surface area (Å²) in [7, 11) is 0. The molecule has 0 aromatic heterocycles. The molecule has 21 heavy (non-hydrogen) atoms. The number of nitrogens with one attached hydrogen (secondary N) is 1. The van der Waals surface area contributed by atoms with Gasteiger partial charge in [-0.1, -0.05) is 6.92 Å². The number of rotatable bonds is 5. The second-order valence-corrected chi connectivity index (χ2v) is 6.28. The van der Waals surface area contributed by atoms with E-state index in [9.17, 15) is 9.50 Å². The van der Waals surface area contributed by atoms with Crippen LogP contribution in [0.15, 0.2) is 18.2 Å². The zero-order chi connectivity index (χ0) is 15.3. The van der Waals surface area contributed by atoms with Crippen molar-refractivity contribution in [2.75, 3.05) is 31.6 Å². The lowest BCUT2D eigenvalue weighted by molar-refractivity contribution is 0.192. The summed E-state index contributed by atoms with van der Waals surface area (Å²) < 4.78 is 13.5. The summed E-state index contributed by atoms with van der Waals surface area (Å²) in [5, 5.41) is 13.3. The lowest BCUT2D eigenvalue weighted by Gasteiger charge is -2.33. The van der Waals surface area contributed by atoms with Gasteiger partial charge in [-0.2, -0.15) is 0 Å². The predicted octanol–water partition coefficient (Wildman–Crippen LogP) is 3.17. The van der Waals surface area contributed by atoms with Crippen LogP contribution in [0.2, 0.25) is 0 Å². The molecule has 1 fully saturated rings. The molecule has 0 spiro atoms. The van der Waals surface area contributed by atoms with E-state index in [2.05, 4.69) is 17.1 Å². The minimum absolute atomic E-state index is 0.0858. The fourth-order valence-electron chi connectivity index (χ4n) is 3.23. The number of hydrogen-bond donors (Lipinski definition) is 2. The quantitative estimate of drug-likeness (QED) is 0.875. The number of nitrogens with zero attached hydrogens (tertiary/aromatic N) is 1. The number of aryl methyl sites for hydroxylation is 1. The Labute approximate surface area is 127 Å². The van der Waals surface area contributed by atoms with Gasteiger partial charge in [0.2, 0.25) is 0 Å². The van der Waals surface area contributed by atoms with E-state index in [4.69, 9.17) is 0 Å². The average Bonchev–Trinajstić information content (AvgIpc) is 2.62. The van der Waals surface area contributed by atoms with Crippen molar-refractivity contribution in [3.63, 3.8) is 0 Å². The molecule has 1 aromatic rings. The van der Waals surface area contributed by atoms with Crippen molar-refractivity contribution in [2.45, 2.75) is 45.1 Å². The summed E-state index contributed by atoms with van der Waals surface area (Å²) in [4.78, 5) is 2.45. The summed E-state index contributed by atoms with van der Waals surface area (Å²) in [6.45, 7) is 7.34. The van der Waals surface area contributed by atoms with E-state index in [1.165, 1.54) is 12.1 Å². The van der Waals surface area contributed by atoms with E-state index in [0.29, 0.717) is 0 Å². The van der Waals surface area contributed by atoms with Crippen LogP contribution in [0.4, 0.5) is 10.1 Å². The van der Waals surface area contributed by atoms with Gasteiger partial charge in [-0.05, 0) is 69.5 Å². The molecule has 1 unspecified atom stereocenters. The van der Waals surface area contributed by atoms with Crippen molar-refractivity contribution < 1.29 is 9.50 Å². The number of benzene rings is 1. The molecule has 118 valence electrons. The van der Waals surface area contributed by atoms with E-state index in [1.54, 1.807) is 0 Å². The molecule has 4 heteroatoms. The Bertz CT molecular complexity index is 446. The molecule has 0 aliphatic carbocycles. The van der Waals surface area contributed by atoms with Crippen LogP contribution in [0.25, 0.3) is 0 Å². The maximum Gasteiger partial charge on any atom is 0.125 e. The molecule has 0 bridgehead atoms. The molecule has 1 aromatic carbocycles. The zero-order valence-electron chi connectivity index (χ0n) is 13.2. The molecule has 0 amide bonds. The summed E-state index contributed by atoms with van der Waals surface area (Å²) in [5.41, 5.74) is 1.33. The highest BCUT2D eigenvalue weighted by molar-refractivity contribution is 5.48. The highest BCUT2D eigenvalue weighted by atomic mass is 19.1. The number of anilines is 1. The van der Waals surface area contributed by atoms with Crippen molar-refractivity contribution in [3.05, 3.63) is 29.6 Å². The second kappa shape index (κ2) is 7.23. The lowest BCUT2D eigenvalue weighted by Crippen LogP contribution is -2.43. The maximum absolute atomic E-state index is 13.5. The van der Waals surface area contributed by atoms with Crippen LogP contribution in [-0.2, 0) is 0 Å². The van der Waals surface area contributed by atoms with Crippen molar-refractivity contribution in [1.29, 1.82) is 0 Å². The van der Waals surface area contributed by atoms with Crippen LogP contribution in [-0.4, -0.2) is 41.8 Å². The van der Waals surface area contributed by atoms with Gasteiger partial charge in [-0.25, -0.2) is 4.39 Å². The number of aliphatic hydroxyl groups is 1. The van der Waals surface area contributed by atoms with E-state index < -0.39 is 0 Å². The first-order chi connectivity index (χ1) is 10.1. The van der Waals surface area contributed by atoms with Gasteiger partial charge in [0.25, 0.3) is 0 Å². The average molecular weight is 294 g/mol. The minimum Gasteiger partial charge on any atom is -0.394 e. The molecule has 1 aliphatic heterocycles. The first-order valence-corrected chi connectivity index (χ1v) is 7.95. The first-order valence-electron chi connectivity index (χ1n) is 7.95. The molecule has 2 N–H and O–H groups in total. The fourth-order valence-corrected chi connectivity index (χ4v) is 3.23. The van der Waals surface area contributed by atoms with E-state index >= 15 is 0 Å². The standard InChI is InChI=1S/C17H27FN2O/c1-3-7-20-8-4-5-17(13-21,6-9-20)19-16-11-14(2)10-15(18)12-16/h10-12,19,21H,3-9,13H2,1-2H3. The molecule has 0 radical (unpaired) electrons. The summed E-state index contributed by atoms with van der Waals surface area (Å²) in [6, 6.07) is 4.97. The number of halogens is 1. The van der Waals surface area contributed by atoms with Gasteiger partial charge in [-0.15, -0.1) is 0 Å². The molecule has 1 aliphatic rings. The Morgan fingerprint density at radius 3 is 2.76 bits per heavy atom.